The molecule has 4 rings (SSSR count). The Balaban J connectivity index is 1.92. The van der Waals surface area contributed by atoms with Crippen LogP contribution in [0.2, 0.25) is 0 Å². The van der Waals surface area contributed by atoms with Gasteiger partial charge in [-0.3, -0.25) is 0 Å². The smallest absolute Gasteiger partial charge is 0.0512 e. The zero-order chi connectivity index (χ0) is 14.3. The zero-order valence-corrected chi connectivity index (χ0v) is 12.6. The molecule has 0 N–H and O–H groups in total. The molecule has 0 aliphatic carbocycles. The zero-order valence-electron chi connectivity index (χ0n) is 12.6. The Morgan fingerprint density at radius 3 is 2.05 bits per heavy atom. The second kappa shape index (κ2) is 4.97. The lowest BCUT2D eigenvalue weighted by atomic mass is 9.69. The fraction of sp³-hybridized carbons (Fsp3) is 0.368. The van der Waals surface area contributed by atoms with Crippen LogP contribution in [0.3, 0.4) is 0 Å². The van der Waals surface area contributed by atoms with Gasteiger partial charge < -0.3 is 0 Å². The molecule has 2 nitrogen and oxygen atoms in total. The predicted molar refractivity (Wildman–Crippen MR) is 86.0 cm³/mol. The van der Waals surface area contributed by atoms with Gasteiger partial charge in [0, 0.05) is 26.2 Å². The summed E-state index contributed by atoms with van der Waals surface area (Å²) in [6, 6.07) is 22.8. The molecule has 108 valence electrons. The van der Waals surface area contributed by atoms with Crippen molar-refractivity contribution >= 4 is 0 Å². The molecule has 2 saturated heterocycles. The van der Waals surface area contributed by atoms with Crippen molar-refractivity contribution in [2.45, 2.75) is 24.3 Å². The fourth-order valence-electron chi connectivity index (χ4n) is 4.42. The number of hydrazine groups is 1. The van der Waals surface area contributed by atoms with E-state index in [0.717, 1.165) is 6.54 Å². The van der Waals surface area contributed by atoms with Gasteiger partial charge in [-0.25, -0.2) is 10.0 Å². The molecule has 0 spiro atoms. The first-order valence-corrected chi connectivity index (χ1v) is 7.91. The van der Waals surface area contributed by atoms with Crippen LogP contribution in [0, 0.1) is 0 Å². The molecule has 0 saturated carbocycles. The van der Waals surface area contributed by atoms with Crippen LogP contribution in [0.5, 0.6) is 0 Å². The molecule has 0 unspecified atom stereocenters. The average molecular weight is 278 g/mol. The molecular formula is C19H22N2. The third-order valence-corrected chi connectivity index (χ3v) is 5.29. The Labute approximate surface area is 127 Å². The van der Waals surface area contributed by atoms with Crippen molar-refractivity contribution < 1.29 is 0 Å². The summed E-state index contributed by atoms with van der Waals surface area (Å²) < 4.78 is 0. The van der Waals surface area contributed by atoms with Crippen LogP contribution in [0.4, 0.5) is 0 Å². The van der Waals surface area contributed by atoms with E-state index in [1.807, 2.05) is 0 Å². The van der Waals surface area contributed by atoms with Crippen LogP contribution in [-0.4, -0.2) is 36.2 Å². The van der Waals surface area contributed by atoms with Crippen molar-refractivity contribution in [3.8, 4) is 0 Å². The maximum absolute atomic E-state index is 2.58. The van der Waals surface area contributed by atoms with Crippen LogP contribution >= 0.6 is 0 Å². The molecular weight excluding hydrogens is 256 g/mol. The largest absolute Gasteiger partial charge is 0.243 e. The second-order valence-corrected chi connectivity index (χ2v) is 6.34. The number of nitrogens with zero attached hydrogens (tertiary/aromatic N) is 2. The number of hydrogen-bond acceptors (Lipinski definition) is 2. The first-order chi connectivity index (χ1) is 10.3. The molecule has 2 heterocycles. The minimum atomic E-state index is 0.105. The van der Waals surface area contributed by atoms with Crippen molar-refractivity contribution in [3.63, 3.8) is 0 Å². The number of benzene rings is 2. The molecule has 2 fully saturated rings. The summed E-state index contributed by atoms with van der Waals surface area (Å²) >= 11 is 0. The molecule has 2 aromatic carbocycles. The molecule has 2 aromatic rings. The summed E-state index contributed by atoms with van der Waals surface area (Å²) in [5.74, 6) is 0. The Bertz CT molecular complexity index is 568. The van der Waals surface area contributed by atoms with Gasteiger partial charge in [0.2, 0.25) is 0 Å². The van der Waals surface area contributed by atoms with Crippen molar-refractivity contribution in [1.29, 1.82) is 0 Å². The third kappa shape index (κ3) is 1.86. The van der Waals surface area contributed by atoms with Crippen molar-refractivity contribution in [3.05, 3.63) is 71.8 Å². The normalized spacial score (nSPS) is 25.1. The number of likely N-dealkylation sites (N-methyl/N-ethyl adjacent to an activating group) is 1. The van der Waals surface area contributed by atoms with E-state index >= 15 is 0 Å². The SMILES string of the molecule is CN1CC(c2ccccc2)(c2ccccc2)[C@H]2CCCN21. The molecule has 2 heteroatoms. The van der Waals surface area contributed by atoms with E-state index in [1.165, 1.54) is 30.5 Å². The molecule has 1 atom stereocenters. The topological polar surface area (TPSA) is 6.48 Å². The molecule has 0 bridgehead atoms. The number of fused-ring (bicyclic) bond motifs is 1. The van der Waals surface area contributed by atoms with Gasteiger partial charge in [0.15, 0.2) is 0 Å². The van der Waals surface area contributed by atoms with Gasteiger partial charge in [0.05, 0.1) is 5.41 Å². The van der Waals surface area contributed by atoms with Crippen LogP contribution in [0.15, 0.2) is 60.7 Å². The lowest BCUT2D eigenvalue weighted by Gasteiger charge is -2.35. The minimum Gasteiger partial charge on any atom is -0.243 e. The summed E-state index contributed by atoms with van der Waals surface area (Å²) in [6.45, 7) is 2.27. The Morgan fingerprint density at radius 1 is 0.905 bits per heavy atom. The molecule has 2 aliphatic heterocycles. The van der Waals surface area contributed by atoms with Gasteiger partial charge >= 0.3 is 0 Å². The van der Waals surface area contributed by atoms with E-state index in [2.05, 4.69) is 77.7 Å². The van der Waals surface area contributed by atoms with E-state index < -0.39 is 0 Å². The molecule has 0 aromatic heterocycles. The third-order valence-electron chi connectivity index (χ3n) is 5.29. The monoisotopic (exact) mass is 278 g/mol. The predicted octanol–water partition coefficient (Wildman–Crippen LogP) is 3.30. The lowest BCUT2D eigenvalue weighted by molar-refractivity contribution is 0.0504. The summed E-state index contributed by atoms with van der Waals surface area (Å²) in [5.41, 5.74) is 3.02. The van der Waals surface area contributed by atoms with Gasteiger partial charge in [-0.15, -0.1) is 0 Å². The Kier molecular flexibility index (Phi) is 3.09. The Hall–Kier alpha value is -1.64. The molecule has 0 amide bonds. The van der Waals surface area contributed by atoms with E-state index in [0.29, 0.717) is 6.04 Å². The van der Waals surface area contributed by atoms with Crippen LogP contribution < -0.4 is 0 Å². The highest BCUT2D eigenvalue weighted by Gasteiger charge is 2.53. The summed E-state index contributed by atoms with van der Waals surface area (Å²) in [6.07, 6.45) is 2.59. The fourth-order valence-corrected chi connectivity index (χ4v) is 4.42. The first kappa shape index (κ1) is 13.1. The van der Waals surface area contributed by atoms with Gasteiger partial charge in [0.25, 0.3) is 0 Å². The second-order valence-electron chi connectivity index (χ2n) is 6.34. The molecule has 21 heavy (non-hydrogen) atoms. The van der Waals surface area contributed by atoms with Crippen molar-refractivity contribution in [2.24, 2.45) is 0 Å². The van der Waals surface area contributed by atoms with Crippen LogP contribution in [-0.2, 0) is 5.41 Å². The van der Waals surface area contributed by atoms with Gasteiger partial charge in [-0.1, -0.05) is 60.7 Å². The maximum Gasteiger partial charge on any atom is 0.0512 e. The standard InChI is InChI=1S/C19H22N2/c1-20-15-19(16-9-4-2-5-10-16,17-11-6-3-7-12-17)18-13-8-14-21(18)20/h2-7,9-12,18H,8,13-15H2,1H3/t18-/m1/s1. The highest BCUT2D eigenvalue weighted by molar-refractivity contribution is 5.44. The van der Waals surface area contributed by atoms with Gasteiger partial charge in [-0.05, 0) is 24.0 Å². The average Bonchev–Trinajstić information content (AvgIpc) is 3.13. The lowest BCUT2D eigenvalue weighted by Crippen LogP contribution is -2.41. The summed E-state index contributed by atoms with van der Waals surface area (Å²) in [7, 11) is 2.24. The minimum absolute atomic E-state index is 0.105. The number of rotatable bonds is 2. The quantitative estimate of drug-likeness (QED) is 0.831. The van der Waals surface area contributed by atoms with Crippen LogP contribution in [0.1, 0.15) is 24.0 Å². The maximum atomic E-state index is 2.58. The van der Waals surface area contributed by atoms with Gasteiger partial charge in [0.1, 0.15) is 0 Å². The van der Waals surface area contributed by atoms with E-state index in [-0.39, 0.29) is 5.41 Å². The van der Waals surface area contributed by atoms with E-state index in [1.54, 1.807) is 0 Å². The van der Waals surface area contributed by atoms with Crippen molar-refractivity contribution in [1.82, 2.24) is 10.0 Å². The summed E-state index contributed by atoms with van der Waals surface area (Å²) in [4.78, 5) is 0. The van der Waals surface area contributed by atoms with Crippen molar-refractivity contribution in [2.75, 3.05) is 20.1 Å². The van der Waals surface area contributed by atoms with E-state index in [9.17, 15) is 0 Å². The molecule has 2 aliphatic rings. The highest BCUT2D eigenvalue weighted by atomic mass is 15.7. The number of hydrogen-bond donors (Lipinski definition) is 0. The van der Waals surface area contributed by atoms with E-state index in [4.69, 9.17) is 0 Å². The highest BCUT2D eigenvalue weighted by Crippen LogP contribution is 2.47. The van der Waals surface area contributed by atoms with Gasteiger partial charge in [-0.2, -0.15) is 0 Å². The van der Waals surface area contributed by atoms with Crippen LogP contribution in [0.25, 0.3) is 0 Å². The first-order valence-electron chi connectivity index (χ1n) is 7.91. The molecule has 0 radical (unpaired) electrons. The Morgan fingerprint density at radius 2 is 1.48 bits per heavy atom. The summed E-state index contributed by atoms with van der Waals surface area (Å²) in [5, 5.41) is 5.03.